The highest BCUT2D eigenvalue weighted by Crippen LogP contribution is 2.21. The van der Waals surface area contributed by atoms with Crippen molar-refractivity contribution in [3.63, 3.8) is 0 Å². The van der Waals surface area contributed by atoms with Crippen LogP contribution in [0.5, 0.6) is 0 Å². The van der Waals surface area contributed by atoms with Gasteiger partial charge in [-0.2, -0.15) is 0 Å². The minimum absolute atomic E-state index is 0.0448. The number of benzene rings is 1. The molecule has 1 aromatic heterocycles. The van der Waals surface area contributed by atoms with E-state index >= 15 is 0 Å². The van der Waals surface area contributed by atoms with Gasteiger partial charge in [-0.25, -0.2) is 4.79 Å². The minimum atomic E-state index is -0.595. The van der Waals surface area contributed by atoms with Crippen LogP contribution in [-0.4, -0.2) is 39.5 Å². The molecular weight excluding hydrogens is 368 g/mol. The third-order valence-corrected chi connectivity index (χ3v) is 5.56. The summed E-state index contributed by atoms with van der Waals surface area (Å²) in [5.74, 6) is 0.640. The van der Waals surface area contributed by atoms with Crippen LogP contribution in [0.1, 0.15) is 43.1 Å². The van der Waals surface area contributed by atoms with Crippen molar-refractivity contribution in [1.82, 2.24) is 14.0 Å². The molecule has 2 N–H and O–H groups in total. The van der Waals surface area contributed by atoms with Gasteiger partial charge in [0.2, 0.25) is 0 Å². The molecular formula is C22H30N4O3. The fraction of sp³-hybridized carbons (Fsp3) is 0.500. The summed E-state index contributed by atoms with van der Waals surface area (Å²) in [6.07, 6.45) is 1.14. The maximum absolute atomic E-state index is 13.1. The smallest absolute Gasteiger partial charge is 0.332 e. The highest BCUT2D eigenvalue weighted by molar-refractivity contribution is 6.01. The largest absolute Gasteiger partial charge is 0.384 e. The van der Waals surface area contributed by atoms with E-state index < -0.39 is 11.2 Å². The minimum Gasteiger partial charge on any atom is -0.384 e. The lowest BCUT2D eigenvalue weighted by molar-refractivity contribution is 0.0847. The lowest BCUT2D eigenvalue weighted by atomic mass is 9.91. The van der Waals surface area contributed by atoms with E-state index in [0.717, 1.165) is 29.6 Å². The van der Waals surface area contributed by atoms with Crippen molar-refractivity contribution < 1.29 is 4.79 Å². The van der Waals surface area contributed by atoms with E-state index in [2.05, 4.69) is 18.7 Å². The molecule has 156 valence electrons. The number of carbonyl (C=O) groups is 1. The third-order valence-electron chi connectivity index (χ3n) is 5.56. The Labute approximate surface area is 170 Å². The monoisotopic (exact) mass is 398 g/mol. The van der Waals surface area contributed by atoms with Crippen LogP contribution in [0.3, 0.4) is 0 Å². The highest BCUT2D eigenvalue weighted by Gasteiger charge is 2.27. The number of rotatable bonds is 6. The maximum Gasteiger partial charge on any atom is 0.332 e. The Hall–Kier alpha value is -2.67. The van der Waals surface area contributed by atoms with Crippen molar-refractivity contribution in [2.24, 2.45) is 11.8 Å². The molecule has 0 aliphatic carbocycles. The number of aromatic nitrogens is 2. The van der Waals surface area contributed by atoms with Gasteiger partial charge < -0.3 is 5.73 Å². The van der Waals surface area contributed by atoms with Crippen molar-refractivity contribution in [2.75, 3.05) is 25.4 Å². The molecule has 1 aliphatic rings. The zero-order valence-electron chi connectivity index (χ0n) is 17.4. The Morgan fingerprint density at radius 3 is 2.28 bits per heavy atom. The van der Waals surface area contributed by atoms with Gasteiger partial charge in [0.05, 0.1) is 13.1 Å². The molecule has 0 spiro atoms. The molecule has 2 aromatic rings. The van der Waals surface area contributed by atoms with Gasteiger partial charge in [-0.05, 0) is 30.7 Å². The molecule has 3 rings (SSSR count). The van der Waals surface area contributed by atoms with Crippen molar-refractivity contribution in [1.29, 1.82) is 0 Å². The van der Waals surface area contributed by atoms with E-state index in [1.54, 1.807) is 6.92 Å². The Morgan fingerprint density at radius 2 is 1.69 bits per heavy atom. The predicted molar refractivity (Wildman–Crippen MR) is 114 cm³/mol. The second-order valence-corrected chi connectivity index (χ2v) is 8.23. The molecule has 1 aromatic carbocycles. The fourth-order valence-electron chi connectivity index (χ4n) is 4.38. The summed E-state index contributed by atoms with van der Waals surface area (Å²) < 4.78 is 2.42. The molecule has 0 bridgehead atoms. The first-order valence-electron chi connectivity index (χ1n) is 10.2. The van der Waals surface area contributed by atoms with E-state index in [1.807, 2.05) is 30.3 Å². The maximum atomic E-state index is 13.1. The summed E-state index contributed by atoms with van der Waals surface area (Å²) in [5.41, 5.74) is 5.94. The molecule has 29 heavy (non-hydrogen) atoms. The van der Waals surface area contributed by atoms with Crippen molar-refractivity contribution in [3.05, 3.63) is 62.3 Å². The summed E-state index contributed by atoms with van der Waals surface area (Å²) in [4.78, 5) is 40.9. The number of piperidine rings is 1. The van der Waals surface area contributed by atoms with Crippen LogP contribution >= 0.6 is 0 Å². The third kappa shape index (κ3) is 4.50. The Bertz CT molecular complexity index is 984. The van der Waals surface area contributed by atoms with Crippen molar-refractivity contribution in [3.8, 4) is 0 Å². The number of hydrogen-bond donors (Lipinski definition) is 1. The summed E-state index contributed by atoms with van der Waals surface area (Å²) in [7, 11) is 0. The molecule has 2 heterocycles. The van der Waals surface area contributed by atoms with E-state index in [9.17, 15) is 14.4 Å². The van der Waals surface area contributed by atoms with E-state index in [4.69, 9.17) is 5.73 Å². The molecule has 7 nitrogen and oxygen atoms in total. The number of nitrogens with zero attached hydrogens (tertiary/aromatic N) is 3. The summed E-state index contributed by atoms with van der Waals surface area (Å²) in [6.45, 7) is 8.24. The van der Waals surface area contributed by atoms with Gasteiger partial charge >= 0.3 is 5.69 Å². The van der Waals surface area contributed by atoms with Crippen molar-refractivity contribution >= 4 is 11.6 Å². The second kappa shape index (κ2) is 8.78. The lowest BCUT2D eigenvalue weighted by Gasteiger charge is -2.34. The number of likely N-dealkylation sites (tertiary alicyclic amines) is 1. The van der Waals surface area contributed by atoms with Crippen LogP contribution in [0.2, 0.25) is 0 Å². The molecule has 7 heteroatoms. The van der Waals surface area contributed by atoms with Crippen LogP contribution in [0.25, 0.3) is 0 Å². The van der Waals surface area contributed by atoms with Crippen LogP contribution in [-0.2, 0) is 13.1 Å². The van der Waals surface area contributed by atoms with Gasteiger partial charge in [-0.1, -0.05) is 44.2 Å². The molecule has 2 atom stereocenters. The fourth-order valence-corrected chi connectivity index (χ4v) is 4.38. The quantitative estimate of drug-likeness (QED) is 0.750. The van der Waals surface area contributed by atoms with E-state index in [-0.39, 0.29) is 36.8 Å². The molecule has 0 unspecified atom stereocenters. The second-order valence-electron chi connectivity index (χ2n) is 8.23. The zero-order valence-corrected chi connectivity index (χ0v) is 17.4. The average molecular weight is 399 g/mol. The number of hydrogen-bond acceptors (Lipinski definition) is 5. The van der Waals surface area contributed by atoms with Gasteiger partial charge in [0.25, 0.3) is 5.56 Å². The van der Waals surface area contributed by atoms with Gasteiger partial charge in [0.15, 0.2) is 5.78 Å². The predicted octanol–water partition coefficient (Wildman–Crippen LogP) is 1.82. The van der Waals surface area contributed by atoms with Crippen LogP contribution in [0.4, 0.5) is 5.82 Å². The van der Waals surface area contributed by atoms with Crippen LogP contribution in [0, 0.1) is 11.8 Å². The number of anilines is 1. The average Bonchev–Trinajstić information content (AvgIpc) is 2.65. The van der Waals surface area contributed by atoms with Crippen LogP contribution < -0.4 is 17.0 Å². The standard InChI is InChI=1S/C22H30N4O3/c1-4-25-21(28)19(18(27)14-24-11-15(2)10-16(3)12-24)20(23)26(22(25)29)13-17-8-6-5-7-9-17/h5-9,15-16H,4,10-14,23H2,1-3H3/t15-,16+. The molecule has 1 saturated heterocycles. The first-order chi connectivity index (χ1) is 13.8. The molecule has 0 amide bonds. The topological polar surface area (TPSA) is 90.3 Å². The number of Topliss-reactive ketones (excluding diaryl/α,β-unsaturated/α-hetero) is 1. The lowest BCUT2D eigenvalue weighted by Crippen LogP contribution is -2.46. The number of ketones is 1. The van der Waals surface area contributed by atoms with Gasteiger partial charge in [-0.15, -0.1) is 0 Å². The number of carbonyl (C=O) groups excluding carboxylic acids is 1. The van der Waals surface area contributed by atoms with E-state index in [1.165, 1.54) is 4.57 Å². The number of nitrogens with two attached hydrogens (primary N) is 1. The van der Waals surface area contributed by atoms with Crippen LogP contribution in [0.15, 0.2) is 39.9 Å². The molecule has 1 aliphatic heterocycles. The SMILES string of the molecule is CCn1c(=O)c(C(=O)CN2C[C@H](C)C[C@H](C)C2)c(N)n(Cc2ccccc2)c1=O. The van der Waals surface area contributed by atoms with Crippen molar-refractivity contribution in [2.45, 2.75) is 40.3 Å². The van der Waals surface area contributed by atoms with Gasteiger partial charge in [-0.3, -0.25) is 23.6 Å². The summed E-state index contributed by atoms with van der Waals surface area (Å²) >= 11 is 0. The molecule has 1 fully saturated rings. The normalized spacial score (nSPS) is 20.0. The Balaban J connectivity index is 1.99. The Morgan fingerprint density at radius 1 is 1.07 bits per heavy atom. The zero-order chi connectivity index (χ0) is 21.1. The highest BCUT2D eigenvalue weighted by atomic mass is 16.2. The summed E-state index contributed by atoms with van der Waals surface area (Å²) in [6, 6.07) is 9.39. The van der Waals surface area contributed by atoms with Gasteiger partial charge in [0, 0.05) is 19.6 Å². The molecule has 0 radical (unpaired) electrons. The first-order valence-corrected chi connectivity index (χ1v) is 10.2. The summed E-state index contributed by atoms with van der Waals surface area (Å²) in [5, 5.41) is 0. The van der Waals surface area contributed by atoms with Gasteiger partial charge in [0.1, 0.15) is 11.4 Å². The number of nitrogen functional groups attached to an aromatic ring is 1. The molecule has 0 saturated carbocycles. The first kappa shape index (κ1) is 21.0. The Kier molecular flexibility index (Phi) is 6.37. The van der Waals surface area contributed by atoms with E-state index in [0.29, 0.717) is 11.8 Å².